The second-order valence-corrected chi connectivity index (χ2v) is 6.20. The summed E-state index contributed by atoms with van der Waals surface area (Å²) in [5.74, 6) is 0.159. The number of hydrogen-bond donors (Lipinski definition) is 1. The van der Waals surface area contributed by atoms with E-state index in [2.05, 4.69) is 21.7 Å². The first-order valence-electron chi connectivity index (χ1n) is 6.79. The van der Waals surface area contributed by atoms with E-state index in [1.165, 1.54) is 18.4 Å². The summed E-state index contributed by atoms with van der Waals surface area (Å²) in [6, 6.07) is 2.92. The Balaban J connectivity index is 2.01. The standard InChI is InChI=1S/C14H23N3OS/c1-16(2)14(18)7-13(8-15)17(12-3-4-12)9-11-5-6-19-10-11/h5-6,10,12-13H,3-4,7-9,15H2,1-2H3. The molecule has 1 atom stereocenters. The maximum Gasteiger partial charge on any atom is 0.223 e. The molecule has 106 valence electrons. The van der Waals surface area contributed by atoms with E-state index >= 15 is 0 Å². The fourth-order valence-electron chi connectivity index (χ4n) is 2.28. The van der Waals surface area contributed by atoms with Crippen LogP contribution in [0.5, 0.6) is 0 Å². The molecule has 1 amide bonds. The van der Waals surface area contributed by atoms with Gasteiger partial charge in [-0.05, 0) is 35.2 Å². The van der Waals surface area contributed by atoms with Crippen LogP contribution in [-0.4, -0.2) is 48.4 Å². The van der Waals surface area contributed by atoms with Crippen molar-refractivity contribution in [1.82, 2.24) is 9.80 Å². The SMILES string of the molecule is CN(C)C(=O)CC(CN)N(Cc1ccsc1)C1CC1. The molecule has 0 bridgehead atoms. The van der Waals surface area contributed by atoms with Crippen molar-refractivity contribution in [2.24, 2.45) is 5.73 Å². The van der Waals surface area contributed by atoms with Crippen LogP contribution in [0.1, 0.15) is 24.8 Å². The molecule has 0 aromatic carbocycles. The van der Waals surface area contributed by atoms with E-state index in [0.29, 0.717) is 19.0 Å². The van der Waals surface area contributed by atoms with Crippen LogP contribution in [0.3, 0.4) is 0 Å². The summed E-state index contributed by atoms with van der Waals surface area (Å²) >= 11 is 1.72. The highest BCUT2D eigenvalue weighted by Gasteiger charge is 2.34. The summed E-state index contributed by atoms with van der Waals surface area (Å²) in [7, 11) is 3.60. The molecule has 2 rings (SSSR count). The van der Waals surface area contributed by atoms with Crippen LogP contribution in [0.4, 0.5) is 0 Å². The summed E-state index contributed by atoms with van der Waals surface area (Å²) < 4.78 is 0. The van der Waals surface area contributed by atoms with Gasteiger partial charge in [0.15, 0.2) is 0 Å². The Hall–Kier alpha value is -0.910. The molecule has 0 radical (unpaired) electrons. The molecule has 0 aliphatic heterocycles. The third-order valence-corrected chi connectivity index (χ3v) is 4.34. The van der Waals surface area contributed by atoms with Crippen molar-refractivity contribution < 1.29 is 4.79 Å². The van der Waals surface area contributed by atoms with Crippen LogP contribution in [0, 0.1) is 0 Å². The number of carbonyl (C=O) groups is 1. The quantitative estimate of drug-likeness (QED) is 0.824. The van der Waals surface area contributed by atoms with Gasteiger partial charge in [-0.3, -0.25) is 9.69 Å². The minimum Gasteiger partial charge on any atom is -0.349 e. The van der Waals surface area contributed by atoms with Gasteiger partial charge in [-0.15, -0.1) is 0 Å². The van der Waals surface area contributed by atoms with Gasteiger partial charge in [0.1, 0.15) is 0 Å². The molecule has 1 aliphatic carbocycles. The fourth-order valence-corrected chi connectivity index (χ4v) is 2.94. The van der Waals surface area contributed by atoms with Crippen molar-refractivity contribution in [1.29, 1.82) is 0 Å². The van der Waals surface area contributed by atoms with Crippen LogP contribution in [0.15, 0.2) is 16.8 Å². The zero-order valence-corrected chi connectivity index (χ0v) is 12.5. The van der Waals surface area contributed by atoms with Crippen molar-refractivity contribution in [2.45, 2.75) is 37.9 Å². The van der Waals surface area contributed by atoms with Crippen LogP contribution in [0.2, 0.25) is 0 Å². The molecule has 19 heavy (non-hydrogen) atoms. The Kier molecular flexibility index (Phi) is 4.96. The highest BCUT2D eigenvalue weighted by molar-refractivity contribution is 7.07. The number of thiophene rings is 1. The van der Waals surface area contributed by atoms with Crippen LogP contribution >= 0.6 is 11.3 Å². The second kappa shape index (κ2) is 6.50. The highest BCUT2D eigenvalue weighted by atomic mass is 32.1. The molecule has 5 heteroatoms. The van der Waals surface area contributed by atoms with Gasteiger partial charge in [-0.1, -0.05) is 0 Å². The Labute approximate surface area is 119 Å². The summed E-state index contributed by atoms with van der Waals surface area (Å²) in [4.78, 5) is 16.0. The smallest absolute Gasteiger partial charge is 0.223 e. The Morgan fingerprint density at radius 2 is 2.26 bits per heavy atom. The molecule has 4 nitrogen and oxygen atoms in total. The number of carbonyl (C=O) groups excluding carboxylic acids is 1. The molecule has 1 unspecified atom stereocenters. The largest absolute Gasteiger partial charge is 0.349 e. The Morgan fingerprint density at radius 1 is 1.53 bits per heavy atom. The highest BCUT2D eigenvalue weighted by Crippen LogP contribution is 2.31. The van der Waals surface area contributed by atoms with E-state index in [1.54, 1.807) is 30.3 Å². The number of nitrogens with zero attached hydrogens (tertiary/aromatic N) is 2. The normalized spacial score (nSPS) is 16.6. The van der Waals surface area contributed by atoms with Gasteiger partial charge in [0.25, 0.3) is 0 Å². The predicted octanol–water partition coefficient (Wildman–Crippen LogP) is 1.52. The zero-order valence-electron chi connectivity index (χ0n) is 11.7. The molecule has 2 N–H and O–H groups in total. The maximum absolute atomic E-state index is 11.9. The van der Waals surface area contributed by atoms with Crippen molar-refractivity contribution in [2.75, 3.05) is 20.6 Å². The number of nitrogens with two attached hydrogens (primary N) is 1. The summed E-state index contributed by atoms with van der Waals surface area (Å²) in [5, 5.41) is 4.28. The molecule has 1 aromatic heterocycles. The first-order valence-corrected chi connectivity index (χ1v) is 7.73. The molecule has 1 fully saturated rings. The Morgan fingerprint density at radius 3 is 2.74 bits per heavy atom. The van der Waals surface area contributed by atoms with Crippen LogP contribution < -0.4 is 5.73 Å². The van der Waals surface area contributed by atoms with Gasteiger partial charge in [-0.25, -0.2) is 0 Å². The lowest BCUT2D eigenvalue weighted by atomic mass is 10.1. The number of hydrogen-bond acceptors (Lipinski definition) is 4. The monoisotopic (exact) mass is 281 g/mol. The third-order valence-electron chi connectivity index (χ3n) is 3.61. The third kappa shape index (κ3) is 4.03. The summed E-state index contributed by atoms with van der Waals surface area (Å²) in [6.07, 6.45) is 2.98. The van der Waals surface area contributed by atoms with Gasteiger partial charge in [0.2, 0.25) is 5.91 Å². The van der Waals surface area contributed by atoms with Crippen molar-refractivity contribution in [3.05, 3.63) is 22.4 Å². The first kappa shape index (κ1) is 14.5. The molecular weight excluding hydrogens is 258 g/mol. The topological polar surface area (TPSA) is 49.6 Å². The lowest BCUT2D eigenvalue weighted by Gasteiger charge is -2.31. The van der Waals surface area contributed by atoms with E-state index in [0.717, 1.165) is 6.54 Å². The zero-order chi connectivity index (χ0) is 13.8. The van der Waals surface area contributed by atoms with E-state index in [4.69, 9.17) is 5.73 Å². The van der Waals surface area contributed by atoms with Gasteiger partial charge in [0, 0.05) is 45.7 Å². The average Bonchev–Trinajstić information content (AvgIpc) is 3.10. The van der Waals surface area contributed by atoms with E-state index < -0.39 is 0 Å². The van der Waals surface area contributed by atoms with E-state index in [1.807, 2.05) is 0 Å². The molecule has 1 aromatic rings. The van der Waals surface area contributed by atoms with Gasteiger partial charge < -0.3 is 10.6 Å². The van der Waals surface area contributed by atoms with Gasteiger partial charge >= 0.3 is 0 Å². The number of amides is 1. The molecule has 1 heterocycles. The first-order chi connectivity index (χ1) is 9.11. The predicted molar refractivity (Wildman–Crippen MR) is 79.0 cm³/mol. The van der Waals surface area contributed by atoms with E-state index in [-0.39, 0.29) is 11.9 Å². The van der Waals surface area contributed by atoms with Crippen molar-refractivity contribution in [3.63, 3.8) is 0 Å². The lowest BCUT2D eigenvalue weighted by Crippen LogP contribution is -2.44. The van der Waals surface area contributed by atoms with Gasteiger partial charge in [-0.2, -0.15) is 11.3 Å². The maximum atomic E-state index is 11.9. The summed E-state index contributed by atoms with van der Waals surface area (Å²) in [6.45, 7) is 1.46. The van der Waals surface area contributed by atoms with Crippen LogP contribution in [-0.2, 0) is 11.3 Å². The second-order valence-electron chi connectivity index (χ2n) is 5.42. The van der Waals surface area contributed by atoms with Crippen molar-refractivity contribution in [3.8, 4) is 0 Å². The van der Waals surface area contributed by atoms with Crippen molar-refractivity contribution >= 4 is 17.2 Å². The summed E-state index contributed by atoms with van der Waals surface area (Å²) in [5.41, 5.74) is 7.23. The Bertz CT molecular complexity index is 401. The molecule has 0 saturated heterocycles. The molecule has 1 aliphatic rings. The molecular formula is C14H23N3OS. The molecule has 0 spiro atoms. The average molecular weight is 281 g/mol. The molecule has 1 saturated carbocycles. The number of rotatable bonds is 7. The van der Waals surface area contributed by atoms with Gasteiger partial charge in [0.05, 0.1) is 0 Å². The lowest BCUT2D eigenvalue weighted by molar-refractivity contribution is -0.130. The minimum absolute atomic E-state index is 0.155. The minimum atomic E-state index is 0.155. The fraction of sp³-hybridized carbons (Fsp3) is 0.643. The van der Waals surface area contributed by atoms with Crippen LogP contribution in [0.25, 0.3) is 0 Å². The van der Waals surface area contributed by atoms with E-state index in [9.17, 15) is 4.79 Å².